The number of benzene rings is 2. The standard InChI is InChI=1S/C29H33ClF3N5O.CH4/c30-23-4-7-26(8-5-23)38-18-21-16-36(17-22(21)19-38)11-1-2-28(39)37-12-9-24(10-13-37)35-25-6-3-20(15-34)27(14-25)29(31,32)33;/h3-8,14,21-22,24,35H,1-2,9-13,16-19H2;1H4. The first-order chi connectivity index (χ1) is 18.7. The second kappa shape index (κ2) is 12.7. The molecule has 6 nitrogen and oxygen atoms in total. The molecule has 2 aromatic rings. The second-order valence-electron chi connectivity index (χ2n) is 10.9. The summed E-state index contributed by atoms with van der Waals surface area (Å²) in [6, 6.07) is 13.3. The number of carbonyl (C=O) groups excluding carboxylic acids is 1. The van der Waals surface area contributed by atoms with Gasteiger partial charge in [0.15, 0.2) is 0 Å². The van der Waals surface area contributed by atoms with Crippen LogP contribution in [0.15, 0.2) is 42.5 Å². The lowest BCUT2D eigenvalue weighted by molar-refractivity contribution is -0.137. The highest BCUT2D eigenvalue weighted by Gasteiger charge is 2.40. The fourth-order valence-electron chi connectivity index (χ4n) is 6.22. The Morgan fingerprint density at radius 3 is 2.27 bits per heavy atom. The SMILES string of the molecule is C.N#Cc1ccc(NC2CCN(C(=O)CCCN3CC4CN(c5ccc(Cl)cc5)CC4C3)CC2)cc1C(F)(F)F. The number of alkyl halides is 3. The largest absolute Gasteiger partial charge is 0.417 e. The summed E-state index contributed by atoms with van der Waals surface area (Å²) in [6.45, 7) is 6.38. The van der Waals surface area contributed by atoms with Gasteiger partial charge in [-0.2, -0.15) is 18.4 Å². The molecule has 0 bridgehead atoms. The zero-order chi connectivity index (χ0) is 27.6. The van der Waals surface area contributed by atoms with Crippen molar-refractivity contribution in [2.45, 2.75) is 45.3 Å². The molecule has 216 valence electrons. The first kappa shape index (κ1) is 30.0. The number of rotatable bonds is 7. The van der Waals surface area contributed by atoms with Crippen LogP contribution in [0, 0.1) is 23.2 Å². The quantitative estimate of drug-likeness (QED) is 0.431. The summed E-state index contributed by atoms with van der Waals surface area (Å²) in [5.41, 5.74) is 0.263. The van der Waals surface area contributed by atoms with Crippen LogP contribution in [-0.4, -0.2) is 67.6 Å². The Balaban J connectivity index is 0.00000370. The Hall–Kier alpha value is -2.96. The van der Waals surface area contributed by atoms with Crippen molar-refractivity contribution < 1.29 is 18.0 Å². The topological polar surface area (TPSA) is 62.6 Å². The molecular formula is C30H37ClF3N5O. The van der Waals surface area contributed by atoms with E-state index in [2.05, 4.69) is 27.2 Å². The van der Waals surface area contributed by atoms with Gasteiger partial charge in [0, 0.05) is 68.1 Å². The summed E-state index contributed by atoms with van der Waals surface area (Å²) in [4.78, 5) is 19.6. The number of amides is 1. The van der Waals surface area contributed by atoms with Gasteiger partial charge in [-0.1, -0.05) is 19.0 Å². The van der Waals surface area contributed by atoms with Crippen molar-refractivity contribution in [3.63, 3.8) is 0 Å². The normalized spacial score (nSPS) is 21.6. The van der Waals surface area contributed by atoms with Gasteiger partial charge >= 0.3 is 6.18 Å². The maximum Gasteiger partial charge on any atom is 0.417 e. The lowest BCUT2D eigenvalue weighted by Gasteiger charge is -2.33. The van der Waals surface area contributed by atoms with Gasteiger partial charge in [-0.15, -0.1) is 0 Å². The molecule has 2 atom stereocenters. The lowest BCUT2D eigenvalue weighted by Crippen LogP contribution is -2.42. The van der Waals surface area contributed by atoms with Crippen molar-refractivity contribution >= 4 is 28.9 Å². The summed E-state index contributed by atoms with van der Waals surface area (Å²) in [5.74, 6) is 1.47. The molecule has 0 aliphatic carbocycles. The summed E-state index contributed by atoms with van der Waals surface area (Å²) in [6.07, 6.45) is -1.88. The molecule has 2 unspecified atom stereocenters. The molecule has 5 rings (SSSR count). The van der Waals surface area contributed by atoms with E-state index in [9.17, 15) is 18.0 Å². The zero-order valence-electron chi connectivity index (χ0n) is 21.8. The number of hydrogen-bond donors (Lipinski definition) is 1. The molecule has 3 aliphatic rings. The van der Waals surface area contributed by atoms with Crippen LogP contribution in [0.1, 0.15) is 44.2 Å². The van der Waals surface area contributed by atoms with Gasteiger partial charge in [0.05, 0.1) is 17.2 Å². The molecule has 3 saturated heterocycles. The monoisotopic (exact) mass is 575 g/mol. The van der Waals surface area contributed by atoms with E-state index in [1.165, 1.54) is 17.8 Å². The van der Waals surface area contributed by atoms with Crippen molar-refractivity contribution in [1.29, 1.82) is 5.26 Å². The van der Waals surface area contributed by atoms with Crippen LogP contribution in [0.4, 0.5) is 24.5 Å². The number of hydrogen-bond acceptors (Lipinski definition) is 5. The van der Waals surface area contributed by atoms with Gasteiger partial charge in [0.2, 0.25) is 5.91 Å². The van der Waals surface area contributed by atoms with Crippen molar-refractivity contribution in [3.05, 3.63) is 58.6 Å². The summed E-state index contributed by atoms with van der Waals surface area (Å²) < 4.78 is 39.8. The van der Waals surface area contributed by atoms with E-state index in [0.717, 1.165) is 50.2 Å². The van der Waals surface area contributed by atoms with Gasteiger partial charge in [0.1, 0.15) is 0 Å². The predicted octanol–water partition coefficient (Wildman–Crippen LogP) is 6.12. The average Bonchev–Trinajstić information content (AvgIpc) is 3.48. The fraction of sp³-hybridized carbons (Fsp3) is 0.533. The van der Waals surface area contributed by atoms with Crippen LogP contribution >= 0.6 is 11.6 Å². The number of carbonyl (C=O) groups is 1. The molecule has 3 heterocycles. The lowest BCUT2D eigenvalue weighted by atomic mass is 10.0. The molecule has 0 saturated carbocycles. The summed E-state index contributed by atoms with van der Waals surface area (Å²) >= 11 is 6.02. The van der Waals surface area contributed by atoms with Crippen molar-refractivity contribution in [1.82, 2.24) is 9.80 Å². The molecule has 1 amide bonds. The minimum absolute atomic E-state index is 0. The highest BCUT2D eigenvalue weighted by Crippen LogP contribution is 2.35. The fourth-order valence-corrected chi connectivity index (χ4v) is 6.35. The van der Waals surface area contributed by atoms with E-state index in [4.69, 9.17) is 16.9 Å². The number of fused-ring (bicyclic) bond motifs is 1. The average molecular weight is 576 g/mol. The van der Waals surface area contributed by atoms with Gasteiger partial charge in [-0.05, 0) is 80.1 Å². The third kappa shape index (κ3) is 7.02. The molecule has 3 aliphatic heterocycles. The van der Waals surface area contributed by atoms with Crippen LogP contribution in [0.5, 0.6) is 0 Å². The number of anilines is 2. The van der Waals surface area contributed by atoms with Crippen LogP contribution < -0.4 is 10.2 Å². The number of nitrogens with zero attached hydrogens (tertiary/aromatic N) is 4. The Kier molecular flexibility index (Phi) is 9.52. The molecule has 40 heavy (non-hydrogen) atoms. The maximum absolute atomic E-state index is 13.3. The molecule has 2 aromatic carbocycles. The Morgan fingerprint density at radius 1 is 1.02 bits per heavy atom. The number of piperidine rings is 1. The van der Waals surface area contributed by atoms with Crippen molar-refractivity contribution in [2.24, 2.45) is 11.8 Å². The van der Waals surface area contributed by atoms with E-state index < -0.39 is 11.7 Å². The van der Waals surface area contributed by atoms with E-state index in [1.807, 2.05) is 17.0 Å². The van der Waals surface area contributed by atoms with Crippen molar-refractivity contribution in [2.75, 3.05) is 56.0 Å². The minimum Gasteiger partial charge on any atom is -0.382 e. The molecule has 0 aromatic heterocycles. The second-order valence-corrected chi connectivity index (χ2v) is 11.4. The van der Waals surface area contributed by atoms with Crippen LogP contribution in [0.3, 0.4) is 0 Å². The van der Waals surface area contributed by atoms with Gasteiger partial charge in [0.25, 0.3) is 0 Å². The van der Waals surface area contributed by atoms with Gasteiger partial charge in [-0.3, -0.25) is 4.79 Å². The number of halogens is 4. The number of likely N-dealkylation sites (tertiary alicyclic amines) is 2. The third-order valence-corrected chi connectivity index (χ3v) is 8.53. The van der Waals surface area contributed by atoms with E-state index in [0.29, 0.717) is 49.9 Å². The summed E-state index contributed by atoms with van der Waals surface area (Å²) in [7, 11) is 0. The van der Waals surface area contributed by atoms with Crippen molar-refractivity contribution in [3.8, 4) is 6.07 Å². The van der Waals surface area contributed by atoms with Crippen LogP contribution in [-0.2, 0) is 11.0 Å². The third-order valence-electron chi connectivity index (χ3n) is 8.28. The summed E-state index contributed by atoms with van der Waals surface area (Å²) in [5, 5.41) is 12.9. The Morgan fingerprint density at radius 2 is 1.68 bits per heavy atom. The smallest absolute Gasteiger partial charge is 0.382 e. The number of nitrogens with one attached hydrogen (secondary N) is 1. The molecule has 3 fully saturated rings. The van der Waals surface area contributed by atoms with Gasteiger partial charge < -0.3 is 20.0 Å². The van der Waals surface area contributed by atoms with E-state index in [1.54, 1.807) is 6.07 Å². The van der Waals surface area contributed by atoms with E-state index >= 15 is 0 Å². The highest BCUT2D eigenvalue weighted by molar-refractivity contribution is 6.30. The molecular weight excluding hydrogens is 539 g/mol. The molecule has 0 spiro atoms. The van der Waals surface area contributed by atoms with E-state index in [-0.39, 0.29) is 24.9 Å². The number of nitriles is 1. The zero-order valence-corrected chi connectivity index (χ0v) is 22.5. The molecule has 0 radical (unpaired) electrons. The van der Waals surface area contributed by atoms with Crippen LogP contribution in [0.2, 0.25) is 5.02 Å². The Bertz CT molecular complexity index is 1190. The maximum atomic E-state index is 13.3. The minimum atomic E-state index is -4.58. The van der Waals surface area contributed by atoms with Crippen LogP contribution in [0.25, 0.3) is 0 Å². The molecule has 1 N–H and O–H groups in total. The molecule has 10 heteroatoms. The first-order valence-corrected chi connectivity index (χ1v) is 14.0. The van der Waals surface area contributed by atoms with Gasteiger partial charge in [-0.25, -0.2) is 0 Å². The predicted molar refractivity (Wildman–Crippen MR) is 152 cm³/mol. The first-order valence-electron chi connectivity index (χ1n) is 13.6. The highest BCUT2D eigenvalue weighted by atomic mass is 35.5. The Labute approximate surface area is 239 Å².